The zero-order valence-electron chi connectivity index (χ0n) is 11.7. The van der Waals surface area contributed by atoms with Crippen molar-refractivity contribution in [1.82, 2.24) is 4.98 Å². The first-order chi connectivity index (χ1) is 9.67. The third-order valence-electron chi connectivity index (χ3n) is 3.12. The normalized spacial score (nSPS) is 10.9. The van der Waals surface area contributed by atoms with Gasteiger partial charge in [0.2, 0.25) is 0 Å². The molecule has 1 heterocycles. The van der Waals surface area contributed by atoms with Crippen molar-refractivity contribution >= 4 is 40.2 Å². The molecule has 0 aliphatic heterocycles. The summed E-state index contributed by atoms with van der Waals surface area (Å²) in [7, 11) is 0. The van der Waals surface area contributed by atoms with Gasteiger partial charge in [0, 0.05) is 15.9 Å². The number of rotatable bonds is 6. The fourth-order valence-electron chi connectivity index (χ4n) is 2.26. The molecule has 3 nitrogen and oxygen atoms in total. The molecular weight excluding hydrogens is 294 g/mol. The number of ether oxygens (including phenoxy) is 1. The standard InChI is InChI=1S/C15H18ClNO2S/c1-3-19-15(18)14-12(5-4-8-20-2)11-7-6-10(16)9-13(11)17-14/h6-7,9,17H,3-5,8H2,1-2H3. The minimum atomic E-state index is -0.293. The number of carbonyl (C=O) groups is 1. The number of hydrogen-bond donors (Lipinski definition) is 1. The Balaban J connectivity index is 2.42. The maximum atomic E-state index is 12.1. The predicted octanol–water partition coefficient (Wildman–Crippen LogP) is 4.29. The highest BCUT2D eigenvalue weighted by molar-refractivity contribution is 7.98. The molecule has 2 rings (SSSR count). The fourth-order valence-corrected chi connectivity index (χ4v) is 2.86. The van der Waals surface area contributed by atoms with Gasteiger partial charge in [-0.1, -0.05) is 17.7 Å². The van der Waals surface area contributed by atoms with Crippen molar-refractivity contribution in [2.45, 2.75) is 19.8 Å². The van der Waals surface area contributed by atoms with Gasteiger partial charge < -0.3 is 9.72 Å². The van der Waals surface area contributed by atoms with E-state index >= 15 is 0 Å². The molecule has 0 aliphatic rings. The second-order valence-corrected chi connectivity index (χ2v) is 5.91. The molecule has 20 heavy (non-hydrogen) atoms. The first-order valence-corrected chi connectivity index (χ1v) is 8.40. The Morgan fingerprint density at radius 1 is 1.45 bits per heavy atom. The molecule has 1 N–H and O–H groups in total. The molecule has 1 aromatic heterocycles. The summed E-state index contributed by atoms with van der Waals surface area (Å²) in [5.41, 5.74) is 2.48. The number of fused-ring (bicyclic) bond motifs is 1. The first-order valence-electron chi connectivity index (χ1n) is 6.63. The molecule has 0 bridgehead atoms. The molecule has 0 saturated heterocycles. The number of hydrogen-bond acceptors (Lipinski definition) is 3. The molecule has 0 spiro atoms. The molecule has 0 unspecified atom stereocenters. The van der Waals surface area contributed by atoms with Crippen molar-refractivity contribution in [1.29, 1.82) is 0 Å². The van der Waals surface area contributed by atoms with Gasteiger partial charge in [0.1, 0.15) is 5.69 Å². The molecule has 108 valence electrons. The molecule has 0 fully saturated rings. The maximum Gasteiger partial charge on any atom is 0.355 e. The summed E-state index contributed by atoms with van der Waals surface area (Å²) in [6, 6.07) is 5.66. The summed E-state index contributed by atoms with van der Waals surface area (Å²) in [6.07, 6.45) is 3.97. The van der Waals surface area contributed by atoms with Crippen LogP contribution in [0.25, 0.3) is 10.9 Å². The predicted molar refractivity (Wildman–Crippen MR) is 86.0 cm³/mol. The van der Waals surface area contributed by atoms with Crippen LogP contribution in [0.15, 0.2) is 18.2 Å². The van der Waals surface area contributed by atoms with E-state index in [2.05, 4.69) is 11.2 Å². The van der Waals surface area contributed by atoms with Crippen LogP contribution >= 0.6 is 23.4 Å². The molecular formula is C15H18ClNO2S. The number of aromatic amines is 1. The van der Waals surface area contributed by atoms with Crippen molar-refractivity contribution < 1.29 is 9.53 Å². The zero-order chi connectivity index (χ0) is 14.5. The number of carbonyl (C=O) groups excluding carboxylic acids is 1. The Kier molecular flexibility index (Phi) is 5.38. The van der Waals surface area contributed by atoms with Crippen molar-refractivity contribution in [3.8, 4) is 0 Å². The van der Waals surface area contributed by atoms with E-state index in [1.54, 1.807) is 0 Å². The minimum Gasteiger partial charge on any atom is -0.461 e. The van der Waals surface area contributed by atoms with Gasteiger partial charge in [-0.05, 0) is 49.5 Å². The summed E-state index contributed by atoms with van der Waals surface area (Å²) in [5.74, 6) is 0.779. The lowest BCUT2D eigenvalue weighted by Crippen LogP contribution is -2.08. The van der Waals surface area contributed by atoms with Crippen LogP contribution in [0.3, 0.4) is 0 Å². The van der Waals surface area contributed by atoms with Gasteiger partial charge in [0.15, 0.2) is 0 Å². The smallest absolute Gasteiger partial charge is 0.355 e. The maximum absolute atomic E-state index is 12.1. The second-order valence-electron chi connectivity index (χ2n) is 4.49. The average molecular weight is 312 g/mol. The van der Waals surface area contributed by atoms with E-state index in [1.807, 2.05) is 36.9 Å². The van der Waals surface area contributed by atoms with Crippen LogP contribution in [-0.2, 0) is 11.2 Å². The van der Waals surface area contributed by atoms with E-state index < -0.39 is 0 Å². The fraction of sp³-hybridized carbons (Fsp3) is 0.400. The topological polar surface area (TPSA) is 42.1 Å². The largest absolute Gasteiger partial charge is 0.461 e. The van der Waals surface area contributed by atoms with E-state index in [4.69, 9.17) is 16.3 Å². The lowest BCUT2D eigenvalue weighted by atomic mass is 10.1. The average Bonchev–Trinajstić information content (AvgIpc) is 2.77. The number of aromatic nitrogens is 1. The van der Waals surface area contributed by atoms with Crippen LogP contribution in [0, 0.1) is 0 Å². The number of esters is 1. The molecule has 0 aliphatic carbocycles. The Morgan fingerprint density at radius 3 is 2.95 bits per heavy atom. The van der Waals surface area contributed by atoms with Crippen LogP contribution in [0.5, 0.6) is 0 Å². The zero-order valence-corrected chi connectivity index (χ0v) is 13.2. The van der Waals surface area contributed by atoms with E-state index in [0.717, 1.165) is 35.1 Å². The Morgan fingerprint density at radius 2 is 2.25 bits per heavy atom. The van der Waals surface area contributed by atoms with Crippen molar-refractivity contribution in [3.63, 3.8) is 0 Å². The minimum absolute atomic E-state index is 0.293. The van der Waals surface area contributed by atoms with Crippen molar-refractivity contribution in [2.75, 3.05) is 18.6 Å². The summed E-state index contributed by atoms with van der Waals surface area (Å²) in [4.78, 5) is 15.2. The van der Waals surface area contributed by atoms with Gasteiger partial charge in [0.05, 0.1) is 6.61 Å². The Bertz CT molecular complexity index is 609. The highest BCUT2D eigenvalue weighted by Crippen LogP contribution is 2.27. The SMILES string of the molecule is CCOC(=O)c1[nH]c2cc(Cl)ccc2c1CCCSC. The van der Waals surface area contributed by atoms with Gasteiger partial charge in [-0.3, -0.25) is 0 Å². The first kappa shape index (κ1) is 15.3. The van der Waals surface area contributed by atoms with E-state index in [1.165, 1.54) is 0 Å². The van der Waals surface area contributed by atoms with Gasteiger partial charge in [-0.25, -0.2) is 4.79 Å². The van der Waals surface area contributed by atoms with Crippen LogP contribution < -0.4 is 0 Å². The number of benzene rings is 1. The van der Waals surface area contributed by atoms with Crippen LogP contribution in [0.2, 0.25) is 5.02 Å². The number of thioether (sulfide) groups is 1. The van der Waals surface area contributed by atoms with E-state index in [9.17, 15) is 4.79 Å². The molecule has 0 amide bonds. The Hall–Kier alpha value is -1.13. The van der Waals surface area contributed by atoms with Crippen LogP contribution in [0.4, 0.5) is 0 Å². The third kappa shape index (κ3) is 3.30. The summed E-state index contributed by atoms with van der Waals surface area (Å²) in [6.45, 7) is 2.18. The number of halogens is 1. The van der Waals surface area contributed by atoms with E-state index in [-0.39, 0.29) is 5.97 Å². The number of aryl methyl sites for hydroxylation is 1. The third-order valence-corrected chi connectivity index (χ3v) is 4.05. The van der Waals surface area contributed by atoms with Crippen molar-refractivity contribution in [3.05, 3.63) is 34.5 Å². The van der Waals surface area contributed by atoms with Gasteiger partial charge >= 0.3 is 5.97 Å². The summed E-state index contributed by atoms with van der Waals surface area (Å²) in [5, 5.41) is 1.71. The van der Waals surface area contributed by atoms with Gasteiger partial charge in [-0.15, -0.1) is 0 Å². The highest BCUT2D eigenvalue weighted by atomic mass is 35.5. The van der Waals surface area contributed by atoms with Crippen LogP contribution in [0.1, 0.15) is 29.4 Å². The summed E-state index contributed by atoms with van der Waals surface area (Å²) >= 11 is 7.82. The van der Waals surface area contributed by atoms with Gasteiger partial charge in [0.25, 0.3) is 0 Å². The van der Waals surface area contributed by atoms with E-state index in [0.29, 0.717) is 17.3 Å². The molecule has 5 heteroatoms. The van der Waals surface area contributed by atoms with Gasteiger partial charge in [-0.2, -0.15) is 11.8 Å². The summed E-state index contributed by atoms with van der Waals surface area (Å²) < 4.78 is 5.13. The number of nitrogens with one attached hydrogen (secondary N) is 1. The molecule has 1 aromatic carbocycles. The number of H-pyrrole nitrogens is 1. The lowest BCUT2D eigenvalue weighted by molar-refractivity contribution is 0.0519. The van der Waals surface area contributed by atoms with Crippen molar-refractivity contribution in [2.24, 2.45) is 0 Å². The quantitative estimate of drug-likeness (QED) is 0.639. The Labute approximate surface area is 128 Å². The molecule has 0 saturated carbocycles. The second kappa shape index (κ2) is 7.04. The molecule has 2 aromatic rings. The lowest BCUT2D eigenvalue weighted by Gasteiger charge is -2.04. The molecule has 0 radical (unpaired) electrons. The molecule has 0 atom stereocenters. The highest BCUT2D eigenvalue weighted by Gasteiger charge is 2.18. The monoisotopic (exact) mass is 311 g/mol. The van der Waals surface area contributed by atoms with Crippen LogP contribution in [-0.4, -0.2) is 29.6 Å².